The number of aliphatic hydroxyl groups is 1. The van der Waals surface area contributed by atoms with Crippen LogP contribution in [0.25, 0.3) is 0 Å². The molecular weight excluding hydrogens is 218 g/mol. The van der Waals surface area contributed by atoms with Gasteiger partial charge < -0.3 is 14.6 Å². The summed E-state index contributed by atoms with van der Waals surface area (Å²) in [6.45, 7) is 4.95. The number of hydrogen-bond donors (Lipinski definition) is 1. The van der Waals surface area contributed by atoms with Crippen LogP contribution >= 0.6 is 0 Å². The first-order chi connectivity index (χ1) is 8.01. The van der Waals surface area contributed by atoms with E-state index in [-0.39, 0.29) is 12.2 Å². The number of hydrogen-bond acceptors (Lipinski definition) is 4. The van der Waals surface area contributed by atoms with Gasteiger partial charge in [0.25, 0.3) is 0 Å². The Morgan fingerprint density at radius 3 is 2.41 bits per heavy atom. The molecule has 0 saturated carbocycles. The predicted octanol–water partition coefficient (Wildman–Crippen LogP) is 1.63. The van der Waals surface area contributed by atoms with E-state index < -0.39 is 11.0 Å². The smallest absolute Gasteiger partial charge is 0.109 e. The van der Waals surface area contributed by atoms with Gasteiger partial charge in [-0.2, -0.15) is 5.26 Å². The van der Waals surface area contributed by atoms with Gasteiger partial charge in [-0.3, -0.25) is 0 Å². The molecule has 2 aliphatic heterocycles. The third kappa shape index (κ3) is 2.20. The molecule has 0 aromatic carbocycles. The molecule has 2 saturated heterocycles. The quantitative estimate of drug-likeness (QED) is 0.755. The highest BCUT2D eigenvalue weighted by molar-refractivity contribution is 5.14. The molecule has 0 spiro atoms. The summed E-state index contributed by atoms with van der Waals surface area (Å²) in [5.41, 5.74) is -1.73. The van der Waals surface area contributed by atoms with E-state index in [9.17, 15) is 10.4 Å². The average molecular weight is 239 g/mol. The van der Waals surface area contributed by atoms with Gasteiger partial charge in [-0.05, 0) is 26.7 Å². The summed E-state index contributed by atoms with van der Waals surface area (Å²) in [6, 6.07) is 2.34. The third-order valence-electron chi connectivity index (χ3n) is 4.06. The molecule has 1 N–H and O–H groups in total. The molecule has 0 bridgehead atoms. The van der Waals surface area contributed by atoms with Crippen molar-refractivity contribution in [2.24, 2.45) is 5.41 Å². The van der Waals surface area contributed by atoms with Crippen LogP contribution in [0.15, 0.2) is 0 Å². The van der Waals surface area contributed by atoms with Gasteiger partial charge in [0.15, 0.2) is 0 Å². The Balaban J connectivity index is 2.25. The molecule has 0 amide bonds. The normalized spacial score (nSPS) is 47.4. The average Bonchev–Trinajstić information content (AvgIpc) is 2.28. The van der Waals surface area contributed by atoms with E-state index in [4.69, 9.17) is 9.47 Å². The van der Waals surface area contributed by atoms with Crippen LogP contribution in [0, 0.1) is 16.7 Å². The number of rotatable bonds is 1. The monoisotopic (exact) mass is 239 g/mol. The van der Waals surface area contributed by atoms with Crippen molar-refractivity contribution in [2.45, 2.75) is 57.3 Å². The van der Waals surface area contributed by atoms with E-state index in [2.05, 4.69) is 6.07 Å². The highest BCUT2D eigenvalue weighted by Crippen LogP contribution is 2.46. The van der Waals surface area contributed by atoms with Gasteiger partial charge in [-0.25, -0.2) is 0 Å². The molecule has 17 heavy (non-hydrogen) atoms. The second kappa shape index (κ2) is 4.56. The van der Waals surface area contributed by atoms with Gasteiger partial charge in [-0.15, -0.1) is 0 Å². The lowest BCUT2D eigenvalue weighted by molar-refractivity contribution is -0.195. The number of nitriles is 1. The maximum Gasteiger partial charge on any atom is 0.109 e. The second-order valence-electron chi connectivity index (χ2n) is 5.55. The van der Waals surface area contributed by atoms with E-state index in [1.54, 1.807) is 0 Å². The summed E-state index contributed by atoms with van der Waals surface area (Å²) in [5, 5.41) is 20.4. The lowest BCUT2D eigenvalue weighted by Crippen LogP contribution is -2.57. The van der Waals surface area contributed by atoms with E-state index >= 15 is 0 Å². The van der Waals surface area contributed by atoms with Crippen LogP contribution in [0.2, 0.25) is 0 Å². The molecule has 2 heterocycles. The summed E-state index contributed by atoms with van der Waals surface area (Å²) in [4.78, 5) is 0. The van der Waals surface area contributed by atoms with Gasteiger partial charge >= 0.3 is 0 Å². The molecule has 0 radical (unpaired) electrons. The molecule has 0 aliphatic carbocycles. The van der Waals surface area contributed by atoms with Crippen LogP contribution in [0.3, 0.4) is 0 Å². The van der Waals surface area contributed by atoms with Crippen LogP contribution in [0.4, 0.5) is 0 Å². The van der Waals surface area contributed by atoms with Crippen molar-refractivity contribution in [2.75, 3.05) is 13.2 Å². The van der Waals surface area contributed by atoms with Gasteiger partial charge in [0.05, 0.1) is 30.5 Å². The zero-order valence-electron chi connectivity index (χ0n) is 10.6. The van der Waals surface area contributed by atoms with E-state index in [1.807, 2.05) is 13.8 Å². The lowest BCUT2D eigenvalue weighted by Gasteiger charge is -2.49. The maximum atomic E-state index is 10.9. The van der Waals surface area contributed by atoms with Crippen LogP contribution in [-0.4, -0.2) is 36.1 Å². The molecule has 3 unspecified atom stereocenters. The Morgan fingerprint density at radius 2 is 1.94 bits per heavy atom. The molecule has 3 atom stereocenters. The summed E-state index contributed by atoms with van der Waals surface area (Å²) in [6.07, 6.45) is 2.60. The van der Waals surface area contributed by atoms with Crippen LogP contribution in [0.1, 0.15) is 39.5 Å². The molecule has 2 rings (SSSR count). The number of ether oxygens (including phenoxy) is 2. The molecular formula is C13H21NO3. The van der Waals surface area contributed by atoms with Crippen molar-refractivity contribution in [1.29, 1.82) is 5.26 Å². The van der Waals surface area contributed by atoms with Crippen LogP contribution in [-0.2, 0) is 9.47 Å². The minimum absolute atomic E-state index is 0.00379. The van der Waals surface area contributed by atoms with Crippen molar-refractivity contribution in [3.63, 3.8) is 0 Å². The van der Waals surface area contributed by atoms with Gasteiger partial charge in [0.2, 0.25) is 0 Å². The fourth-order valence-electron chi connectivity index (χ4n) is 3.27. The molecule has 4 nitrogen and oxygen atoms in total. The Morgan fingerprint density at radius 1 is 1.29 bits per heavy atom. The highest BCUT2D eigenvalue weighted by atomic mass is 16.5. The zero-order chi connectivity index (χ0) is 12.5. The Kier molecular flexibility index (Phi) is 3.44. The topological polar surface area (TPSA) is 62.5 Å². The molecule has 4 heteroatoms. The zero-order valence-corrected chi connectivity index (χ0v) is 10.6. The van der Waals surface area contributed by atoms with E-state index in [1.165, 1.54) is 0 Å². The SMILES string of the molecule is CC1CC(O)(C2(C#N)CCCOC2)CC(C)O1. The first-order valence-corrected chi connectivity index (χ1v) is 6.38. The van der Waals surface area contributed by atoms with Crippen LogP contribution in [0.5, 0.6) is 0 Å². The molecule has 0 aromatic heterocycles. The third-order valence-corrected chi connectivity index (χ3v) is 4.06. The largest absolute Gasteiger partial charge is 0.388 e. The Labute approximate surface area is 103 Å². The van der Waals surface area contributed by atoms with Crippen LogP contribution < -0.4 is 0 Å². The summed E-state index contributed by atoms with van der Waals surface area (Å²) in [7, 11) is 0. The highest BCUT2D eigenvalue weighted by Gasteiger charge is 2.54. The predicted molar refractivity (Wildman–Crippen MR) is 62.3 cm³/mol. The molecule has 2 fully saturated rings. The lowest BCUT2D eigenvalue weighted by atomic mass is 9.64. The fourth-order valence-corrected chi connectivity index (χ4v) is 3.27. The van der Waals surface area contributed by atoms with Gasteiger partial charge in [-0.1, -0.05) is 0 Å². The van der Waals surface area contributed by atoms with Gasteiger partial charge in [0, 0.05) is 19.4 Å². The molecule has 0 aromatic rings. The van der Waals surface area contributed by atoms with Gasteiger partial charge in [0.1, 0.15) is 5.41 Å². The second-order valence-corrected chi connectivity index (χ2v) is 5.55. The van der Waals surface area contributed by atoms with Crippen molar-refractivity contribution < 1.29 is 14.6 Å². The van der Waals surface area contributed by atoms with Crippen molar-refractivity contribution in [1.82, 2.24) is 0 Å². The maximum absolute atomic E-state index is 10.9. The Hall–Kier alpha value is -0.630. The summed E-state index contributed by atoms with van der Waals surface area (Å²) < 4.78 is 11.1. The Bertz CT molecular complexity index is 307. The summed E-state index contributed by atoms with van der Waals surface area (Å²) >= 11 is 0. The standard InChI is InChI=1S/C13H21NO3/c1-10-6-13(15,7-11(2)17-10)12(8-14)4-3-5-16-9-12/h10-11,15H,3-7,9H2,1-2H3. The van der Waals surface area contributed by atoms with Crippen molar-refractivity contribution in [3.05, 3.63) is 0 Å². The first-order valence-electron chi connectivity index (χ1n) is 6.38. The van der Waals surface area contributed by atoms with Crippen molar-refractivity contribution in [3.8, 4) is 6.07 Å². The van der Waals surface area contributed by atoms with Crippen molar-refractivity contribution >= 4 is 0 Å². The summed E-state index contributed by atoms with van der Waals surface area (Å²) in [5.74, 6) is 0. The minimum atomic E-state index is -0.973. The number of nitrogens with zero attached hydrogens (tertiary/aromatic N) is 1. The first kappa shape index (κ1) is 12.8. The molecule has 96 valence electrons. The van der Waals surface area contributed by atoms with E-state index in [0.717, 1.165) is 12.8 Å². The molecule has 2 aliphatic rings. The fraction of sp³-hybridized carbons (Fsp3) is 0.923. The van der Waals surface area contributed by atoms with E-state index in [0.29, 0.717) is 26.1 Å². The minimum Gasteiger partial charge on any atom is -0.388 e.